The van der Waals surface area contributed by atoms with Crippen LogP contribution in [0.15, 0.2) is 24.3 Å². The predicted octanol–water partition coefficient (Wildman–Crippen LogP) is 4.65. The average Bonchev–Trinajstić information content (AvgIpc) is 2.84. The van der Waals surface area contributed by atoms with Crippen LogP contribution in [0.4, 0.5) is 9.59 Å². The maximum Gasteiger partial charge on any atom is 0.404 e. The van der Waals surface area contributed by atoms with Crippen molar-refractivity contribution >= 4 is 23.7 Å². The lowest BCUT2D eigenvalue weighted by atomic mass is 9.85. The Kier molecular flexibility index (Phi) is 11.4. The van der Waals surface area contributed by atoms with Crippen LogP contribution in [0.2, 0.25) is 5.02 Å². The Labute approximate surface area is 214 Å². The fourth-order valence-corrected chi connectivity index (χ4v) is 5.70. The number of urea groups is 1. The van der Waals surface area contributed by atoms with E-state index in [-0.39, 0.29) is 37.2 Å². The van der Waals surface area contributed by atoms with E-state index in [2.05, 4.69) is 16.0 Å². The van der Waals surface area contributed by atoms with E-state index in [1.165, 1.54) is 32.1 Å². The first-order valence-corrected chi connectivity index (χ1v) is 13.4. The molecule has 196 valence electrons. The van der Waals surface area contributed by atoms with Gasteiger partial charge in [-0.15, -0.1) is 0 Å². The van der Waals surface area contributed by atoms with Gasteiger partial charge in [-0.3, -0.25) is 0 Å². The van der Waals surface area contributed by atoms with Crippen LogP contribution in [0.1, 0.15) is 63.0 Å². The van der Waals surface area contributed by atoms with Gasteiger partial charge in [0, 0.05) is 43.2 Å². The normalized spacial score (nSPS) is 20.7. The molecule has 1 saturated carbocycles. The third kappa shape index (κ3) is 9.17. The van der Waals surface area contributed by atoms with Crippen LogP contribution in [0.3, 0.4) is 0 Å². The number of likely N-dealkylation sites (N-methyl/N-ethyl adjacent to an activating group) is 1. The molecule has 1 aromatic carbocycles. The van der Waals surface area contributed by atoms with Gasteiger partial charge in [0.2, 0.25) is 0 Å². The first-order chi connectivity index (χ1) is 17.0. The van der Waals surface area contributed by atoms with E-state index in [4.69, 9.17) is 21.4 Å². The van der Waals surface area contributed by atoms with Crippen LogP contribution in [-0.4, -0.2) is 68.0 Å². The Morgan fingerprint density at radius 1 is 1.20 bits per heavy atom. The van der Waals surface area contributed by atoms with Crippen LogP contribution in [0.25, 0.3) is 0 Å². The van der Waals surface area contributed by atoms with E-state index in [0.717, 1.165) is 37.9 Å². The number of rotatable bonds is 11. The average molecular weight is 509 g/mol. The third-order valence-electron chi connectivity index (χ3n) is 7.15. The summed E-state index contributed by atoms with van der Waals surface area (Å²) < 4.78 is 6.17. The van der Waals surface area contributed by atoms with Crippen LogP contribution < -0.4 is 16.0 Å². The predicted molar refractivity (Wildman–Crippen MR) is 138 cm³/mol. The second kappa shape index (κ2) is 14.5. The van der Waals surface area contributed by atoms with Crippen molar-refractivity contribution in [3.8, 4) is 0 Å². The van der Waals surface area contributed by atoms with E-state index < -0.39 is 6.09 Å². The van der Waals surface area contributed by atoms with Gasteiger partial charge < -0.3 is 30.7 Å². The molecule has 1 aromatic rings. The van der Waals surface area contributed by atoms with Crippen molar-refractivity contribution in [1.82, 2.24) is 20.9 Å². The van der Waals surface area contributed by atoms with E-state index in [1.807, 2.05) is 36.2 Å². The Morgan fingerprint density at radius 2 is 2.00 bits per heavy atom. The summed E-state index contributed by atoms with van der Waals surface area (Å²) in [6.45, 7) is 2.53. The van der Waals surface area contributed by atoms with Crippen molar-refractivity contribution in [2.75, 3.05) is 39.8 Å². The zero-order valence-corrected chi connectivity index (χ0v) is 21.6. The zero-order valence-electron chi connectivity index (χ0n) is 20.8. The highest BCUT2D eigenvalue weighted by atomic mass is 35.5. The van der Waals surface area contributed by atoms with Crippen molar-refractivity contribution in [2.45, 2.75) is 63.5 Å². The van der Waals surface area contributed by atoms with Crippen LogP contribution in [0.5, 0.6) is 0 Å². The number of carbonyl (C=O) groups is 2. The van der Waals surface area contributed by atoms with E-state index in [0.29, 0.717) is 17.5 Å². The van der Waals surface area contributed by atoms with Crippen molar-refractivity contribution in [3.05, 3.63) is 34.9 Å². The summed E-state index contributed by atoms with van der Waals surface area (Å²) in [5, 5.41) is 18.4. The van der Waals surface area contributed by atoms with Gasteiger partial charge in [0.05, 0.1) is 12.7 Å². The molecule has 2 aliphatic rings. The standard InChI is InChI=1S/C26H41ClN4O4/c1-28-17-23(15-19-7-3-2-4-8-19)30-25(32)31-13-6-10-21(18-31)24(35-14-12-29-26(33)34)20-9-5-11-22(27)16-20/h5,9,11,16,19,21,23-24,28-29H,2-4,6-8,10,12-15,17-18H2,1H3,(H,30,32)(H,33,34)/t21-,23+,24+/m1/s1. The first-order valence-electron chi connectivity index (χ1n) is 13.0. The minimum atomic E-state index is -1.07. The highest BCUT2D eigenvalue weighted by Crippen LogP contribution is 2.34. The van der Waals surface area contributed by atoms with Crippen molar-refractivity contribution in [2.24, 2.45) is 11.8 Å². The zero-order chi connectivity index (χ0) is 25.0. The van der Waals surface area contributed by atoms with Crippen LogP contribution in [0, 0.1) is 11.8 Å². The molecule has 0 spiro atoms. The molecule has 3 atom stereocenters. The van der Waals surface area contributed by atoms with Gasteiger partial charge in [0.15, 0.2) is 0 Å². The number of carboxylic acid groups (broad SMARTS) is 1. The van der Waals surface area contributed by atoms with Crippen molar-refractivity contribution in [3.63, 3.8) is 0 Å². The number of halogens is 1. The van der Waals surface area contributed by atoms with Gasteiger partial charge in [0.25, 0.3) is 0 Å². The number of ether oxygens (including phenoxy) is 1. The topological polar surface area (TPSA) is 103 Å². The highest BCUT2D eigenvalue weighted by molar-refractivity contribution is 6.30. The van der Waals surface area contributed by atoms with E-state index in [9.17, 15) is 9.59 Å². The molecule has 35 heavy (non-hydrogen) atoms. The fourth-order valence-electron chi connectivity index (χ4n) is 5.50. The summed E-state index contributed by atoms with van der Waals surface area (Å²) in [6, 6.07) is 7.70. The number of hydrogen-bond acceptors (Lipinski definition) is 4. The number of hydrogen-bond donors (Lipinski definition) is 4. The number of amides is 3. The van der Waals surface area contributed by atoms with E-state index in [1.54, 1.807) is 0 Å². The molecule has 1 heterocycles. The number of likely N-dealkylation sites (tertiary alicyclic amines) is 1. The second-order valence-electron chi connectivity index (χ2n) is 9.87. The van der Waals surface area contributed by atoms with Gasteiger partial charge in [-0.05, 0) is 49.9 Å². The Balaban J connectivity index is 1.62. The molecule has 1 saturated heterocycles. The number of benzene rings is 1. The maximum atomic E-state index is 13.3. The van der Waals surface area contributed by atoms with Crippen molar-refractivity contribution < 1.29 is 19.4 Å². The number of carbonyl (C=O) groups excluding carboxylic acids is 1. The molecule has 4 N–H and O–H groups in total. The van der Waals surface area contributed by atoms with Gasteiger partial charge in [-0.1, -0.05) is 55.8 Å². The van der Waals surface area contributed by atoms with E-state index >= 15 is 0 Å². The third-order valence-corrected chi connectivity index (χ3v) is 7.38. The minimum Gasteiger partial charge on any atom is -0.465 e. The highest BCUT2D eigenvalue weighted by Gasteiger charge is 2.32. The number of nitrogens with one attached hydrogen (secondary N) is 3. The summed E-state index contributed by atoms with van der Waals surface area (Å²) in [7, 11) is 1.93. The van der Waals surface area contributed by atoms with Crippen LogP contribution in [-0.2, 0) is 4.74 Å². The monoisotopic (exact) mass is 508 g/mol. The lowest BCUT2D eigenvalue weighted by Gasteiger charge is -2.38. The second-order valence-corrected chi connectivity index (χ2v) is 10.3. The molecule has 0 unspecified atom stereocenters. The number of nitrogens with zero attached hydrogens (tertiary/aromatic N) is 1. The summed E-state index contributed by atoms with van der Waals surface area (Å²) >= 11 is 6.25. The smallest absolute Gasteiger partial charge is 0.404 e. The maximum absolute atomic E-state index is 13.3. The Hall–Kier alpha value is -2.03. The lowest BCUT2D eigenvalue weighted by molar-refractivity contribution is -0.00851. The molecule has 1 aliphatic carbocycles. The summed E-state index contributed by atoms with van der Waals surface area (Å²) in [5.74, 6) is 0.787. The van der Waals surface area contributed by atoms with Crippen LogP contribution >= 0.6 is 11.6 Å². The van der Waals surface area contributed by atoms with Gasteiger partial charge in [-0.2, -0.15) is 0 Å². The largest absolute Gasteiger partial charge is 0.465 e. The molecule has 9 heteroatoms. The van der Waals surface area contributed by atoms with Gasteiger partial charge >= 0.3 is 12.1 Å². The number of piperidine rings is 1. The Bertz CT molecular complexity index is 805. The van der Waals surface area contributed by atoms with Crippen molar-refractivity contribution in [1.29, 1.82) is 0 Å². The molecular formula is C26H41ClN4O4. The Morgan fingerprint density at radius 3 is 2.71 bits per heavy atom. The van der Waals surface area contributed by atoms with Gasteiger partial charge in [-0.25, -0.2) is 9.59 Å². The lowest BCUT2D eigenvalue weighted by Crippen LogP contribution is -2.52. The molecular weight excluding hydrogens is 468 g/mol. The summed E-state index contributed by atoms with van der Waals surface area (Å²) in [6.07, 6.45) is 7.95. The molecule has 0 bridgehead atoms. The fraction of sp³-hybridized carbons (Fsp3) is 0.692. The quantitative estimate of drug-likeness (QED) is 0.326. The molecule has 8 nitrogen and oxygen atoms in total. The first kappa shape index (κ1) is 27.6. The molecule has 3 rings (SSSR count). The summed E-state index contributed by atoms with van der Waals surface area (Å²) in [5.41, 5.74) is 0.949. The molecule has 2 fully saturated rings. The molecule has 1 aliphatic heterocycles. The summed E-state index contributed by atoms with van der Waals surface area (Å²) in [4.78, 5) is 26.0. The molecule has 0 radical (unpaired) electrons. The SMILES string of the molecule is CNC[C@H](CC1CCCCC1)NC(=O)N1CCC[C@@H]([C@@H](OCCNC(=O)O)c2cccc(Cl)c2)C1. The molecule has 0 aromatic heterocycles. The van der Waals surface area contributed by atoms with Gasteiger partial charge in [0.1, 0.15) is 0 Å². The minimum absolute atomic E-state index is 0.0110. The molecule has 3 amide bonds.